The molecule has 0 bridgehead atoms. The molecule has 0 aliphatic heterocycles. The van der Waals surface area contributed by atoms with Crippen molar-refractivity contribution < 1.29 is 9.22 Å². The first-order valence-corrected chi connectivity index (χ1v) is 5.04. The van der Waals surface area contributed by atoms with Crippen LogP contribution in [-0.4, -0.2) is 11.7 Å². The maximum atomic E-state index is 9.17. The predicted octanol–water partition coefficient (Wildman–Crippen LogP) is 2.98. The van der Waals surface area contributed by atoms with Gasteiger partial charge in [-0.1, -0.05) is 45.0 Å². The van der Waals surface area contributed by atoms with E-state index in [4.69, 9.17) is 9.22 Å². The van der Waals surface area contributed by atoms with Crippen molar-refractivity contribution in [3.05, 3.63) is 35.4 Å². The Morgan fingerprint density at radius 3 is 2.36 bits per heavy atom. The number of benzene rings is 1. The minimum Gasteiger partial charge on any atom is -0.396 e. The minimum atomic E-state index is -2.14. The summed E-state index contributed by atoms with van der Waals surface area (Å²) in [6.07, 6.45) is 0.984. The molecule has 0 heterocycles. The van der Waals surface area contributed by atoms with Gasteiger partial charge in [0, 0.05) is 16.6 Å². The van der Waals surface area contributed by atoms with E-state index >= 15 is 0 Å². The SMILES string of the molecule is [2H]C([2H])([2H])C(CO)c1ccc(CC(C)C)cc1. The van der Waals surface area contributed by atoms with E-state index in [-0.39, 0.29) is 6.61 Å². The Labute approximate surface area is 91.0 Å². The van der Waals surface area contributed by atoms with Gasteiger partial charge in [-0.25, -0.2) is 0 Å². The highest BCUT2D eigenvalue weighted by Gasteiger charge is 2.03. The monoisotopic (exact) mass is 195 g/mol. The summed E-state index contributed by atoms with van der Waals surface area (Å²) in [6.45, 7) is 1.80. The van der Waals surface area contributed by atoms with Crippen LogP contribution in [-0.2, 0) is 6.42 Å². The van der Waals surface area contributed by atoms with Gasteiger partial charge in [-0.15, -0.1) is 0 Å². The number of aliphatic hydroxyl groups excluding tert-OH is 1. The van der Waals surface area contributed by atoms with Gasteiger partial charge in [-0.2, -0.15) is 0 Å². The molecule has 1 aromatic rings. The maximum absolute atomic E-state index is 9.17. The molecule has 0 amide bonds. The molecule has 0 aliphatic rings. The topological polar surface area (TPSA) is 20.2 Å². The van der Waals surface area contributed by atoms with E-state index in [0.29, 0.717) is 11.5 Å². The van der Waals surface area contributed by atoms with Crippen LogP contribution in [0.4, 0.5) is 0 Å². The van der Waals surface area contributed by atoms with Crippen LogP contribution >= 0.6 is 0 Å². The molecule has 0 spiro atoms. The van der Waals surface area contributed by atoms with Crippen molar-refractivity contribution in [1.29, 1.82) is 0 Å². The van der Waals surface area contributed by atoms with E-state index in [1.165, 1.54) is 5.56 Å². The second-order valence-corrected chi connectivity index (χ2v) is 4.07. The summed E-state index contributed by atoms with van der Waals surface area (Å²) in [5.74, 6) is -0.201. The van der Waals surface area contributed by atoms with Crippen molar-refractivity contribution >= 4 is 0 Å². The zero-order chi connectivity index (χ0) is 13.1. The van der Waals surface area contributed by atoms with Gasteiger partial charge < -0.3 is 5.11 Å². The minimum absolute atomic E-state index is 0.347. The number of hydrogen-bond donors (Lipinski definition) is 1. The average Bonchev–Trinajstić information content (AvgIpc) is 2.18. The summed E-state index contributed by atoms with van der Waals surface area (Å²) in [5.41, 5.74) is 1.88. The largest absolute Gasteiger partial charge is 0.396 e. The Hall–Kier alpha value is -0.820. The molecule has 0 aliphatic carbocycles. The van der Waals surface area contributed by atoms with Crippen LogP contribution < -0.4 is 0 Å². The molecule has 14 heavy (non-hydrogen) atoms. The molecule has 1 unspecified atom stereocenters. The Bertz CT molecular complexity index is 341. The lowest BCUT2D eigenvalue weighted by atomic mass is 9.97. The highest BCUT2D eigenvalue weighted by Crippen LogP contribution is 2.16. The molecule has 1 nitrogen and oxygen atoms in total. The molecule has 0 radical (unpaired) electrons. The molecule has 78 valence electrons. The molecule has 1 N–H and O–H groups in total. The summed E-state index contributed by atoms with van der Waals surface area (Å²) >= 11 is 0. The second-order valence-electron chi connectivity index (χ2n) is 4.07. The number of hydrogen-bond acceptors (Lipinski definition) is 1. The zero-order valence-corrected chi connectivity index (χ0v) is 8.83. The van der Waals surface area contributed by atoms with Crippen LogP contribution in [0.5, 0.6) is 0 Å². The van der Waals surface area contributed by atoms with Gasteiger partial charge in [0.1, 0.15) is 0 Å². The van der Waals surface area contributed by atoms with E-state index in [1.54, 1.807) is 0 Å². The first-order valence-electron chi connectivity index (χ1n) is 6.54. The fourth-order valence-electron chi connectivity index (χ4n) is 1.46. The summed E-state index contributed by atoms with van der Waals surface area (Å²) in [7, 11) is 0. The van der Waals surface area contributed by atoms with Gasteiger partial charge in [-0.3, -0.25) is 0 Å². The third-order valence-electron chi connectivity index (χ3n) is 2.21. The van der Waals surface area contributed by atoms with Crippen LogP contribution in [0.1, 0.15) is 41.9 Å². The van der Waals surface area contributed by atoms with Gasteiger partial charge in [0.25, 0.3) is 0 Å². The molecule has 0 fully saturated rings. The highest BCUT2D eigenvalue weighted by molar-refractivity contribution is 5.25. The van der Waals surface area contributed by atoms with Crippen LogP contribution in [0.2, 0.25) is 0 Å². The maximum Gasteiger partial charge on any atom is 0.0497 e. The van der Waals surface area contributed by atoms with Crippen molar-refractivity contribution in [1.82, 2.24) is 0 Å². The molecule has 1 heteroatoms. The first-order chi connectivity index (χ1) is 7.84. The molecule has 0 aromatic heterocycles. The Balaban J connectivity index is 2.86. The Morgan fingerprint density at radius 2 is 1.93 bits per heavy atom. The van der Waals surface area contributed by atoms with Gasteiger partial charge in [0.05, 0.1) is 0 Å². The van der Waals surface area contributed by atoms with Gasteiger partial charge in [0.15, 0.2) is 0 Å². The molecular formula is C13H20O. The van der Waals surface area contributed by atoms with E-state index in [1.807, 2.05) is 24.3 Å². The van der Waals surface area contributed by atoms with E-state index < -0.39 is 12.8 Å². The van der Waals surface area contributed by atoms with Crippen molar-refractivity contribution in [3.8, 4) is 0 Å². The normalized spacial score (nSPS) is 17.3. The van der Waals surface area contributed by atoms with E-state index in [0.717, 1.165) is 6.42 Å². The van der Waals surface area contributed by atoms with Crippen molar-refractivity contribution in [2.24, 2.45) is 5.92 Å². The van der Waals surface area contributed by atoms with Gasteiger partial charge >= 0.3 is 0 Å². The molecule has 1 atom stereocenters. The third-order valence-corrected chi connectivity index (χ3v) is 2.21. The lowest BCUT2D eigenvalue weighted by molar-refractivity contribution is 0.273. The summed E-state index contributed by atoms with van der Waals surface area (Å²) in [4.78, 5) is 0. The van der Waals surface area contributed by atoms with Crippen molar-refractivity contribution in [2.45, 2.75) is 33.0 Å². The van der Waals surface area contributed by atoms with E-state index in [2.05, 4.69) is 13.8 Å². The van der Waals surface area contributed by atoms with E-state index in [9.17, 15) is 0 Å². The Morgan fingerprint density at radius 1 is 1.29 bits per heavy atom. The lowest BCUT2D eigenvalue weighted by Gasteiger charge is -2.10. The van der Waals surface area contributed by atoms with Crippen LogP contribution in [0.3, 0.4) is 0 Å². The smallest absolute Gasteiger partial charge is 0.0497 e. The van der Waals surface area contributed by atoms with Gasteiger partial charge in [-0.05, 0) is 23.5 Å². The quantitative estimate of drug-likeness (QED) is 0.783. The summed E-state index contributed by atoms with van der Waals surface area (Å²) in [6, 6.07) is 7.52. The number of aliphatic hydroxyl groups is 1. The summed E-state index contributed by atoms with van der Waals surface area (Å²) < 4.78 is 22.1. The Kier molecular flexibility index (Phi) is 2.75. The predicted molar refractivity (Wildman–Crippen MR) is 60.5 cm³/mol. The molecule has 1 rings (SSSR count). The second kappa shape index (κ2) is 5.16. The zero-order valence-electron chi connectivity index (χ0n) is 11.8. The fourth-order valence-corrected chi connectivity index (χ4v) is 1.46. The van der Waals surface area contributed by atoms with Crippen LogP contribution in [0, 0.1) is 5.92 Å². The standard InChI is InChI=1S/C13H20O/c1-10(2)8-12-4-6-13(7-5-12)11(3)9-14/h4-7,10-11,14H,8-9H2,1-3H3/i3D3. The highest BCUT2D eigenvalue weighted by atomic mass is 16.3. The molecule has 0 saturated heterocycles. The van der Waals surface area contributed by atoms with Crippen LogP contribution in [0.15, 0.2) is 24.3 Å². The molecule has 0 saturated carbocycles. The van der Waals surface area contributed by atoms with Crippen molar-refractivity contribution in [2.75, 3.05) is 6.61 Å². The average molecular weight is 195 g/mol. The fraction of sp³-hybridized carbons (Fsp3) is 0.538. The molecule has 1 aromatic carbocycles. The van der Waals surface area contributed by atoms with Crippen molar-refractivity contribution in [3.63, 3.8) is 0 Å². The third kappa shape index (κ3) is 3.15. The molecular weight excluding hydrogens is 172 g/mol. The lowest BCUT2D eigenvalue weighted by Crippen LogP contribution is -1.99. The van der Waals surface area contributed by atoms with Crippen LogP contribution in [0.25, 0.3) is 0 Å². The first kappa shape index (κ1) is 7.47. The van der Waals surface area contributed by atoms with Gasteiger partial charge in [0.2, 0.25) is 0 Å². The number of rotatable bonds is 4. The summed E-state index contributed by atoms with van der Waals surface area (Å²) in [5, 5.41) is 9.17.